The number of benzene rings is 3. The molecule has 2 N–H and O–H groups in total. The van der Waals surface area contributed by atoms with Gasteiger partial charge in [-0.25, -0.2) is 4.79 Å². The summed E-state index contributed by atoms with van der Waals surface area (Å²) in [6, 6.07) is 22.7. The highest BCUT2D eigenvalue weighted by molar-refractivity contribution is 5.89. The first-order valence-electron chi connectivity index (χ1n) is 7.94. The number of aromatic carboxylic acids is 1. The summed E-state index contributed by atoms with van der Waals surface area (Å²) in [5.74, 6) is -1.21. The SMILES string of the molecule is O=C(O)c1ccc(NC(c2ccccc2)c2ccccc2)c([N+](=O)[O-])c1. The van der Waals surface area contributed by atoms with E-state index in [0.717, 1.165) is 17.2 Å². The van der Waals surface area contributed by atoms with Crippen molar-refractivity contribution < 1.29 is 14.8 Å². The fourth-order valence-electron chi connectivity index (χ4n) is 2.74. The summed E-state index contributed by atoms with van der Waals surface area (Å²) in [7, 11) is 0. The van der Waals surface area contributed by atoms with Crippen molar-refractivity contribution in [1.82, 2.24) is 0 Å². The zero-order valence-corrected chi connectivity index (χ0v) is 13.7. The number of anilines is 1. The Morgan fingerprint density at radius 1 is 0.923 bits per heavy atom. The predicted molar refractivity (Wildman–Crippen MR) is 98.4 cm³/mol. The molecule has 0 radical (unpaired) electrons. The van der Waals surface area contributed by atoms with Gasteiger partial charge in [0, 0.05) is 6.07 Å². The third-order valence-corrected chi connectivity index (χ3v) is 4.01. The van der Waals surface area contributed by atoms with Gasteiger partial charge in [-0.3, -0.25) is 10.1 Å². The molecular weight excluding hydrogens is 332 g/mol. The number of hydrogen-bond acceptors (Lipinski definition) is 4. The summed E-state index contributed by atoms with van der Waals surface area (Å²) in [6.07, 6.45) is 0. The van der Waals surface area contributed by atoms with Crippen molar-refractivity contribution in [3.05, 3.63) is 106 Å². The second-order valence-corrected chi connectivity index (χ2v) is 5.69. The minimum Gasteiger partial charge on any atom is -0.478 e. The van der Waals surface area contributed by atoms with Crippen LogP contribution < -0.4 is 5.32 Å². The van der Waals surface area contributed by atoms with E-state index in [1.807, 2.05) is 60.7 Å². The third-order valence-electron chi connectivity index (χ3n) is 4.01. The highest BCUT2D eigenvalue weighted by Crippen LogP contribution is 2.32. The summed E-state index contributed by atoms with van der Waals surface area (Å²) < 4.78 is 0. The second-order valence-electron chi connectivity index (χ2n) is 5.69. The molecule has 6 nitrogen and oxygen atoms in total. The van der Waals surface area contributed by atoms with Crippen molar-refractivity contribution in [3.8, 4) is 0 Å². The van der Waals surface area contributed by atoms with Crippen molar-refractivity contribution in [2.75, 3.05) is 5.32 Å². The highest BCUT2D eigenvalue weighted by atomic mass is 16.6. The number of hydrogen-bond donors (Lipinski definition) is 2. The topological polar surface area (TPSA) is 92.5 Å². The van der Waals surface area contributed by atoms with E-state index in [-0.39, 0.29) is 23.0 Å². The van der Waals surface area contributed by atoms with Gasteiger partial charge in [-0.1, -0.05) is 60.7 Å². The van der Waals surface area contributed by atoms with E-state index in [9.17, 15) is 14.9 Å². The Hall–Kier alpha value is -3.67. The lowest BCUT2D eigenvalue weighted by atomic mass is 9.98. The number of carboxylic acids is 1. The first-order chi connectivity index (χ1) is 12.6. The predicted octanol–water partition coefficient (Wildman–Crippen LogP) is 4.49. The minimum absolute atomic E-state index is 0.127. The molecule has 6 heteroatoms. The molecule has 3 rings (SSSR count). The van der Waals surface area contributed by atoms with E-state index in [0.29, 0.717) is 0 Å². The van der Waals surface area contributed by atoms with E-state index in [4.69, 9.17) is 5.11 Å². The first kappa shape index (κ1) is 17.2. The molecule has 0 spiro atoms. The van der Waals surface area contributed by atoms with E-state index >= 15 is 0 Å². The Kier molecular flexibility index (Phi) is 4.94. The summed E-state index contributed by atoms with van der Waals surface area (Å²) in [5, 5.41) is 23.7. The maximum absolute atomic E-state index is 11.4. The summed E-state index contributed by atoms with van der Waals surface area (Å²) >= 11 is 0. The molecule has 0 fully saturated rings. The lowest BCUT2D eigenvalue weighted by molar-refractivity contribution is -0.384. The number of carboxylic acid groups (broad SMARTS) is 1. The zero-order valence-electron chi connectivity index (χ0n) is 13.7. The lowest BCUT2D eigenvalue weighted by Gasteiger charge is -2.21. The van der Waals surface area contributed by atoms with Crippen molar-refractivity contribution in [3.63, 3.8) is 0 Å². The van der Waals surface area contributed by atoms with Crippen LogP contribution in [0.15, 0.2) is 78.9 Å². The quantitative estimate of drug-likeness (QED) is 0.505. The van der Waals surface area contributed by atoms with Gasteiger partial charge in [0.25, 0.3) is 5.69 Å². The van der Waals surface area contributed by atoms with Crippen molar-refractivity contribution in [2.45, 2.75) is 6.04 Å². The lowest BCUT2D eigenvalue weighted by Crippen LogP contribution is -2.13. The smallest absolute Gasteiger partial charge is 0.335 e. The van der Waals surface area contributed by atoms with Crippen molar-refractivity contribution in [2.24, 2.45) is 0 Å². The molecule has 26 heavy (non-hydrogen) atoms. The Morgan fingerprint density at radius 2 is 1.46 bits per heavy atom. The van der Waals surface area contributed by atoms with Crippen LogP contribution in [0.1, 0.15) is 27.5 Å². The Labute approximate surface area is 149 Å². The maximum atomic E-state index is 11.4. The molecule has 130 valence electrons. The molecule has 0 unspecified atom stereocenters. The largest absolute Gasteiger partial charge is 0.478 e. The molecule has 0 aliphatic heterocycles. The van der Waals surface area contributed by atoms with Crippen LogP contribution in [0, 0.1) is 10.1 Å². The molecule has 0 atom stereocenters. The van der Waals surface area contributed by atoms with Crippen molar-refractivity contribution >= 4 is 17.3 Å². The molecule has 0 bridgehead atoms. The van der Waals surface area contributed by atoms with Crippen LogP contribution >= 0.6 is 0 Å². The van der Waals surface area contributed by atoms with Gasteiger partial charge >= 0.3 is 5.97 Å². The van der Waals surface area contributed by atoms with Crippen LogP contribution in [0.5, 0.6) is 0 Å². The molecule has 0 aliphatic rings. The van der Waals surface area contributed by atoms with Gasteiger partial charge in [0.05, 0.1) is 16.5 Å². The molecule has 0 amide bonds. The van der Waals surface area contributed by atoms with E-state index < -0.39 is 10.9 Å². The highest BCUT2D eigenvalue weighted by Gasteiger charge is 2.21. The number of nitrogens with one attached hydrogen (secondary N) is 1. The molecule has 0 saturated carbocycles. The number of nitro benzene ring substituents is 1. The molecule has 3 aromatic rings. The van der Waals surface area contributed by atoms with Crippen LogP contribution in [0.25, 0.3) is 0 Å². The van der Waals surface area contributed by atoms with Gasteiger partial charge in [-0.05, 0) is 23.3 Å². The van der Waals surface area contributed by atoms with Gasteiger partial charge in [-0.2, -0.15) is 0 Å². The monoisotopic (exact) mass is 348 g/mol. The average molecular weight is 348 g/mol. The van der Waals surface area contributed by atoms with Gasteiger partial charge in [-0.15, -0.1) is 0 Å². The molecule has 0 heterocycles. The second kappa shape index (κ2) is 7.48. The fourth-order valence-corrected chi connectivity index (χ4v) is 2.74. The van der Waals surface area contributed by atoms with Crippen LogP contribution in [0.4, 0.5) is 11.4 Å². The fraction of sp³-hybridized carbons (Fsp3) is 0.0500. The Balaban J connectivity index is 2.05. The molecule has 0 aliphatic carbocycles. The van der Waals surface area contributed by atoms with Crippen LogP contribution in [0.2, 0.25) is 0 Å². The standard InChI is InChI=1S/C20H16N2O4/c23-20(24)16-11-12-17(18(13-16)22(25)26)21-19(14-7-3-1-4-8-14)15-9-5-2-6-10-15/h1-13,19,21H,(H,23,24). The third kappa shape index (κ3) is 3.70. The van der Waals surface area contributed by atoms with Gasteiger partial charge < -0.3 is 10.4 Å². The van der Waals surface area contributed by atoms with E-state index in [1.165, 1.54) is 12.1 Å². The molecular formula is C20H16N2O4. The van der Waals surface area contributed by atoms with E-state index in [1.54, 1.807) is 0 Å². The normalized spacial score (nSPS) is 10.5. The number of nitro groups is 1. The number of carbonyl (C=O) groups is 1. The Morgan fingerprint density at radius 3 is 1.92 bits per heavy atom. The molecule has 3 aromatic carbocycles. The van der Waals surface area contributed by atoms with Crippen molar-refractivity contribution in [1.29, 1.82) is 0 Å². The number of rotatable bonds is 6. The van der Waals surface area contributed by atoms with Gasteiger partial charge in [0.1, 0.15) is 5.69 Å². The zero-order chi connectivity index (χ0) is 18.5. The summed E-state index contributed by atoms with van der Waals surface area (Å²) in [6.45, 7) is 0. The van der Waals surface area contributed by atoms with Gasteiger partial charge in [0.2, 0.25) is 0 Å². The number of nitrogens with zero attached hydrogens (tertiary/aromatic N) is 1. The molecule has 0 saturated heterocycles. The molecule has 0 aromatic heterocycles. The summed E-state index contributed by atoms with van der Waals surface area (Å²) in [4.78, 5) is 22.0. The summed E-state index contributed by atoms with van der Waals surface area (Å²) in [5.41, 5.74) is 1.74. The first-order valence-corrected chi connectivity index (χ1v) is 7.94. The van der Waals surface area contributed by atoms with Crippen LogP contribution in [-0.4, -0.2) is 16.0 Å². The van der Waals surface area contributed by atoms with Gasteiger partial charge in [0.15, 0.2) is 0 Å². The van der Waals surface area contributed by atoms with Crippen LogP contribution in [-0.2, 0) is 0 Å². The average Bonchev–Trinajstić information content (AvgIpc) is 2.67. The maximum Gasteiger partial charge on any atom is 0.335 e. The minimum atomic E-state index is -1.21. The van der Waals surface area contributed by atoms with E-state index in [2.05, 4.69) is 5.32 Å². The Bertz CT molecular complexity index is 888. The van der Waals surface area contributed by atoms with Crippen LogP contribution in [0.3, 0.4) is 0 Å².